The molecular formula is C25H21IN2O3S. The van der Waals surface area contributed by atoms with Crippen LogP contribution in [0.25, 0.3) is 6.08 Å². The maximum absolute atomic E-state index is 13.0. The first-order valence-electron chi connectivity index (χ1n) is 9.93. The zero-order valence-corrected chi connectivity index (χ0v) is 20.6. The largest absolute Gasteiger partial charge is 0.496 e. The molecule has 1 aliphatic heterocycles. The molecule has 1 aliphatic rings. The third-order valence-corrected chi connectivity index (χ3v) is 5.97. The van der Waals surface area contributed by atoms with E-state index in [0.717, 1.165) is 37.4 Å². The Balaban J connectivity index is 1.57. The lowest BCUT2D eigenvalue weighted by Crippen LogP contribution is -2.30. The van der Waals surface area contributed by atoms with Crippen molar-refractivity contribution in [2.75, 3.05) is 12.0 Å². The van der Waals surface area contributed by atoms with E-state index in [-0.39, 0.29) is 5.91 Å². The molecule has 1 saturated heterocycles. The van der Waals surface area contributed by atoms with Gasteiger partial charge in [0.15, 0.2) is 5.11 Å². The molecule has 5 nitrogen and oxygen atoms in total. The predicted octanol–water partition coefficient (Wildman–Crippen LogP) is 5.45. The minimum atomic E-state index is -0.187. The van der Waals surface area contributed by atoms with Crippen molar-refractivity contribution in [3.63, 3.8) is 0 Å². The van der Waals surface area contributed by atoms with E-state index in [4.69, 9.17) is 21.7 Å². The number of nitrogens with one attached hydrogen (secondary N) is 1. The number of carbonyl (C=O) groups is 1. The van der Waals surface area contributed by atoms with E-state index in [1.807, 2.05) is 73.7 Å². The summed E-state index contributed by atoms with van der Waals surface area (Å²) >= 11 is 7.68. The van der Waals surface area contributed by atoms with Crippen LogP contribution in [0.15, 0.2) is 72.4 Å². The number of ether oxygens (including phenoxy) is 2. The summed E-state index contributed by atoms with van der Waals surface area (Å²) < 4.78 is 12.6. The molecule has 4 rings (SSSR count). The van der Waals surface area contributed by atoms with E-state index < -0.39 is 0 Å². The van der Waals surface area contributed by atoms with Crippen LogP contribution < -0.4 is 19.7 Å². The van der Waals surface area contributed by atoms with Crippen LogP contribution in [0.1, 0.15) is 16.7 Å². The molecule has 0 unspecified atom stereocenters. The number of methoxy groups -OCH3 is 1. The van der Waals surface area contributed by atoms with E-state index in [0.29, 0.717) is 17.4 Å². The summed E-state index contributed by atoms with van der Waals surface area (Å²) in [6.45, 7) is 2.32. The Morgan fingerprint density at radius 1 is 1.09 bits per heavy atom. The van der Waals surface area contributed by atoms with Gasteiger partial charge in [-0.2, -0.15) is 0 Å². The molecule has 0 bridgehead atoms. The molecule has 3 aromatic rings. The van der Waals surface area contributed by atoms with Gasteiger partial charge in [-0.15, -0.1) is 0 Å². The monoisotopic (exact) mass is 556 g/mol. The SMILES string of the molecule is COc1ccc(/C=C2/NC(=S)N(c3cccc(C)c3)C2=O)cc1COc1ccc(I)cc1. The average Bonchev–Trinajstić information content (AvgIpc) is 3.06. The third kappa shape index (κ3) is 4.94. The van der Waals surface area contributed by atoms with Gasteiger partial charge in [0.25, 0.3) is 5.91 Å². The van der Waals surface area contributed by atoms with Crippen LogP contribution in [0.3, 0.4) is 0 Å². The van der Waals surface area contributed by atoms with Crippen molar-refractivity contribution in [1.29, 1.82) is 0 Å². The summed E-state index contributed by atoms with van der Waals surface area (Å²) in [5.41, 5.74) is 3.95. The topological polar surface area (TPSA) is 50.8 Å². The minimum Gasteiger partial charge on any atom is -0.496 e. The molecule has 32 heavy (non-hydrogen) atoms. The van der Waals surface area contributed by atoms with Gasteiger partial charge in [0.1, 0.15) is 23.8 Å². The van der Waals surface area contributed by atoms with E-state index >= 15 is 0 Å². The number of rotatable bonds is 6. The highest BCUT2D eigenvalue weighted by Gasteiger charge is 2.32. The number of hydrogen-bond acceptors (Lipinski definition) is 4. The first kappa shape index (κ1) is 22.3. The van der Waals surface area contributed by atoms with Crippen molar-refractivity contribution in [2.45, 2.75) is 13.5 Å². The maximum Gasteiger partial charge on any atom is 0.281 e. The first-order valence-corrected chi connectivity index (χ1v) is 11.4. The Kier molecular flexibility index (Phi) is 6.76. The standard InChI is InChI=1S/C25H21IN2O3S/c1-16-4-3-5-20(12-16)28-24(29)22(27-25(28)32)14-17-6-11-23(30-2)18(13-17)15-31-21-9-7-19(26)8-10-21/h3-14H,15H2,1-2H3,(H,27,32)/b22-14+. The molecule has 1 amide bonds. The molecule has 0 aliphatic carbocycles. The molecule has 3 aromatic carbocycles. The average molecular weight is 556 g/mol. The second-order valence-corrected chi connectivity index (χ2v) is 8.91. The van der Waals surface area contributed by atoms with E-state index in [1.165, 1.54) is 4.90 Å². The summed E-state index contributed by atoms with van der Waals surface area (Å²) in [4.78, 5) is 14.5. The maximum atomic E-state index is 13.0. The third-order valence-electron chi connectivity index (χ3n) is 4.96. The highest BCUT2D eigenvalue weighted by atomic mass is 127. The molecule has 0 atom stereocenters. The van der Waals surface area contributed by atoms with Crippen LogP contribution in [-0.2, 0) is 11.4 Å². The zero-order valence-electron chi connectivity index (χ0n) is 17.6. The normalized spacial score (nSPS) is 14.6. The summed E-state index contributed by atoms with van der Waals surface area (Å²) in [5.74, 6) is 1.32. The predicted molar refractivity (Wildman–Crippen MR) is 139 cm³/mol. The van der Waals surface area contributed by atoms with Crippen molar-refractivity contribution >= 4 is 57.6 Å². The quantitative estimate of drug-likeness (QED) is 0.249. The molecule has 1 N–H and O–H groups in total. The Morgan fingerprint density at radius 3 is 2.59 bits per heavy atom. The van der Waals surface area contributed by atoms with Crippen LogP contribution in [0.2, 0.25) is 0 Å². The smallest absolute Gasteiger partial charge is 0.281 e. The molecule has 0 radical (unpaired) electrons. The van der Waals surface area contributed by atoms with E-state index in [2.05, 4.69) is 27.9 Å². The highest BCUT2D eigenvalue weighted by Crippen LogP contribution is 2.26. The summed E-state index contributed by atoms with van der Waals surface area (Å²) in [5, 5.41) is 3.40. The lowest BCUT2D eigenvalue weighted by atomic mass is 10.1. The number of anilines is 1. The number of nitrogens with zero attached hydrogens (tertiary/aromatic N) is 1. The fraction of sp³-hybridized carbons (Fsp3) is 0.120. The molecule has 0 aromatic heterocycles. The van der Waals surface area contributed by atoms with Gasteiger partial charge in [-0.3, -0.25) is 9.69 Å². The molecule has 0 saturated carbocycles. The fourth-order valence-electron chi connectivity index (χ4n) is 3.40. The van der Waals surface area contributed by atoms with E-state index in [9.17, 15) is 4.79 Å². The molecule has 1 fully saturated rings. The van der Waals surface area contributed by atoms with Gasteiger partial charge in [-0.1, -0.05) is 18.2 Å². The van der Waals surface area contributed by atoms with Gasteiger partial charge >= 0.3 is 0 Å². The Bertz CT molecular complexity index is 1210. The number of hydrogen-bond donors (Lipinski definition) is 1. The number of aryl methyl sites for hydroxylation is 1. The van der Waals surface area contributed by atoms with Crippen LogP contribution in [0, 0.1) is 10.5 Å². The Labute approximate surface area is 206 Å². The van der Waals surface area contributed by atoms with Crippen molar-refractivity contribution in [3.05, 3.63) is 92.7 Å². The van der Waals surface area contributed by atoms with Crippen molar-refractivity contribution in [3.8, 4) is 11.5 Å². The number of amides is 1. The van der Waals surface area contributed by atoms with Gasteiger partial charge in [0, 0.05) is 9.13 Å². The molecule has 1 heterocycles. The number of thiocarbonyl (C=S) groups is 1. The van der Waals surface area contributed by atoms with Crippen molar-refractivity contribution in [2.24, 2.45) is 0 Å². The second kappa shape index (κ2) is 9.70. The second-order valence-electron chi connectivity index (χ2n) is 7.28. The molecule has 7 heteroatoms. The van der Waals surface area contributed by atoms with Crippen LogP contribution >= 0.6 is 34.8 Å². The number of carbonyl (C=O) groups excluding carboxylic acids is 1. The molecule has 0 spiro atoms. The summed E-state index contributed by atoms with van der Waals surface area (Å²) in [6, 6.07) is 21.3. The lowest BCUT2D eigenvalue weighted by molar-refractivity contribution is -0.113. The van der Waals surface area contributed by atoms with Gasteiger partial charge in [0.2, 0.25) is 0 Å². The Morgan fingerprint density at radius 2 is 1.88 bits per heavy atom. The number of benzene rings is 3. The fourth-order valence-corrected chi connectivity index (χ4v) is 4.05. The van der Waals surface area contributed by atoms with Gasteiger partial charge in [-0.25, -0.2) is 0 Å². The van der Waals surface area contributed by atoms with Crippen LogP contribution in [0.5, 0.6) is 11.5 Å². The summed E-state index contributed by atoms with van der Waals surface area (Å²) in [6.07, 6.45) is 1.79. The molecule has 162 valence electrons. The Hall–Kier alpha value is -2.91. The van der Waals surface area contributed by atoms with E-state index in [1.54, 1.807) is 13.2 Å². The number of halogens is 1. The lowest BCUT2D eigenvalue weighted by Gasteiger charge is -2.14. The van der Waals surface area contributed by atoms with Crippen molar-refractivity contribution < 1.29 is 14.3 Å². The molecular weight excluding hydrogens is 535 g/mol. The van der Waals surface area contributed by atoms with Crippen LogP contribution in [-0.4, -0.2) is 18.1 Å². The minimum absolute atomic E-state index is 0.187. The summed E-state index contributed by atoms with van der Waals surface area (Å²) in [7, 11) is 1.63. The van der Waals surface area contributed by atoms with Gasteiger partial charge < -0.3 is 14.8 Å². The first-order chi connectivity index (χ1) is 15.4. The highest BCUT2D eigenvalue weighted by molar-refractivity contribution is 14.1. The van der Waals surface area contributed by atoms with Crippen LogP contribution in [0.4, 0.5) is 5.69 Å². The van der Waals surface area contributed by atoms with Gasteiger partial charge in [0.05, 0.1) is 12.8 Å². The van der Waals surface area contributed by atoms with Crippen molar-refractivity contribution in [1.82, 2.24) is 5.32 Å². The zero-order chi connectivity index (χ0) is 22.7. The van der Waals surface area contributed by atoms with Gasteiger partial charge in [-0.05, 0) is 107 Å².